The number of para-hydroxylation sites is 1. The highest BCUT2D eigenvalue weighted by Crippen LogP contribution is 2.29. The summed E-state index contributed by atoms with van der Waals surface area (Å²) in [4.78, 5) is 18.3. The van der Waals surface area contributed by atoms with Crippen molar-refractivity contribution in [2.24, 2.45) is 13.0 Å². The number of aryl methyl sites for hydroxylation is 1. The lowest BCUT2D eigenvalue weighted by Crippen LogP contribution is -2.46. The third-order valence-electron chi connectivity index (χ3n) is 7.86. The molecule has 0 spiro atoms. The average Bonchev–Trinajstić information content (AvgIpc) is 3.23. The maximum absolute atomic E-state index is 13.6. The van der Waals surface area contributed by atoms with E-state index < -0.39 is 0 Å². The van der Waals surface area contributed by atoms with Crippen LogP contribution in [0, 0.1) is 12.8 Å². The quantitative estimate of drug-likeness (QED) is 0.476. The highest BCUT2D eigenvalue weighted by Gasteiger charge is 2.24. The number of ether oxygens (including phenoxy) is 1. The molecule has 1 saturated heterocycles. The van der Waals surface area contributed by atoms with Crippen LogP contribution in [-0.4, -0.2) is 57.2 Å². The van der Waals surface area contributed by atoms with Crippen LogP contribution < -0.4 is 15.2 Å². The van der Waals surface area contributed by atoms with Gasteiger partial charge in [-0.2, -0.15) is 14.9 Å². The van der Waals surface area contributed by atoms with Crippen LogP contribution in [0.1, 0.15) is 49.8 Å². The molecule has 5 rings (SSSR count). The molecule has 1 aromatic carbocycles. The van der Waals surface area contributed by atoms with Crippen molar-refractivity contribution in [2.45, 2.75) is 52.0 Å². The fourth-order valence-electron chi connectivity index (χ4n) is 5.43. The van der Waals surface area contributed by atoms with E-state index >= 15 is 0 Å². The number of benzene rings is 1. The molecule has 0 radical (unpaired) electrons. The van der Waals surface area contributed by atoms with E-state index in [2.05, 4.69) is 26.9 Å². The Bertz CT molecular complexity index is 1190. The van der Waals surface area contributed by atoms with Gasteiger partial charge in [-0.15, -0.1) is 0 Å². The van der Waals surface area contributed by atoms with E-state index in [1.165, 1.54) is 48.0 Å². The molecule has 192 valence electrons. The third-order valence-corrected chi connectivity index (χ3v) is 7.86. The minimum Gasteiger partial charge on any atom is -0.486 e. The molecule has 2 aromatic heterocycles. The second kappa shape index (κ2) is 11.3. The summed E-state index contributed by atoms with van der Waals surface area (Å²) in [6.45, 7) is 7.07. The summed E-state index contributed by atoms with van der Waals surface area (Å²) in [5, 5.41) is 8.92. The van der Waals surface area contributed by atoms with Crippen LogP contribution >= 0.6 is 0 Å². The van der Waals surface area contributed by atoms with Gasteiger partial charge in [-0.3, -0.25) is 14.4 Å². The largest absolute Gasteiger partial charge is 0.486 e. The van der Waals surface area contributed by atoms with Gasteiger partial charge in [0, 0.05) is 51.0 Å². The van der Waals surface area contributed by atoms with Gasteiger partial charge < -0.3 is 9.64 Å². The average molecular weight is 491 g/mol. The molecule has 0 bridgehead atoms. The third kappa shape index (κ3) is 5.48. The van der Waals surface area contributed by atoms with E-state index in [-0.39, 0.29) is 5.56 Å². The number of piperazine rings is 1. The number of rotatable bonds is 8. The van der Waals surface area contributed by atoms with Crippen molar-refractivity contribution >= 4 is 5.69 Å². The molecule has 3 heterocycles. The molecule has 1 saturated carbocycles. The maximum atomic E-state index is 13.6. The Morgan fingerprint density at radius 2 is 1.72 bits per heavy atom. The van der Waals surface area contributed by atoms with Crippen LogP contribution in [0.2, 0.25) is 0 Å². The number of anilines is 1. The molecule has 0 unspecified atom stereocenters. The van der Waals surface area contributed by atoms with Crippen molar-refractivity contribution in [2.75, 3.05) is 37.7 Å². The molecule has 8 nitrogen and oxygen atoms in total. The number of hydrogen-bond acceptors (Lipinski definition) is 6. The lowest BCUT2D eigenvalue weighted by molar-refractivity contribution is 0.237. The first kappa shape index (κ1) is 24.6. The van der Waals surface area contributed by atoms with Crippen LogP contribution in [0.15, 0.2) is 47.5 Å². The van der Waals surface area contributed by atoms with E-state index in [1.807, 2.05) is 54.5 Å². The Balaban J connectivity index is 1.32. The molecular formula is C28H38N6O2. The van der Waals surface area contributed by atoms with Crippen molar-refractivity contribution in [1.29, 1.82) is 0 Å². The van der Waals surface area contributed by atoms with Gasteiger partial charge in [0.1, 0.15) is 5.69 Å². The second-order valence-electron chi connectivity index (χ2n) is 10.2. The van der Waals surface area contributed by atoms with Crippen molar-refractivity contribution in [3.63, 3.8) is 0 Å². The minimum atomic E-state index is -0.184. The monoisotopic (exact) mass is 490 g/mol. The molecular weight excluding hydrogens is 452 g/mol. The predicted octanol–water partition coefficient (Wildman–Crippen LogP) is 3.95. The molecule has 3 aromatic rings. The summed E-state index contributed by atoms with van der Waals surface area (Å²) in [6, 6.07) is 9.59. The Hall–Kier alpha value is -3.13. The molecule has 1 aliphatic carbocycles. The molecule has 0 amide bonds. The highest BCUT2D eigenvalue weighted by molar-refractivity contribution is 5.57. The van der Waals surface area contributed by atoms with Crippen LogP contribution in [0.25, 0.3) is 5.69 Å². The van der Waals surface area contributed by atoms with Gasteiger partial charge in [-0.05, 0) is 31.4 Å². The second-order valence-corrected chi connectivity index (χ2v) is 10.2. The van der Waals surface area contributed by atoms with E-state index in [9.17, 15) is 4.79 Å². The van der Waals surface area contributed by atoms with Gasteiger partial charge in [-0.1, -0.05) is 50.3 Å². The molecule has 0 N–H and O–H groups in total. The van der Waals surface area contributed by atoms with Crippen molar-refractivity contribution in [3.8, 4) is 11.4 Å². The minimum absolute atomic E-state index is 0.184. The van der Waals surface area contributed by atoms with Gasteiger partial charge in [0.15, 0.2) is 0 Å². The highest BCUT2D eigenvalue weighted by atomic mass is 16.5. The standard InChI is InChI=1S/C28H38N6O2/c1-22-24(19-29-31(22)2)21-32-14-16-33(17-15-32)26-20-30-34(25-11-7-4-8-12-25)28(35)27(26)36-18-13-23-9-5-3-6-10-23/h4,7-8,11-12,19-20,23H,3,5-6,9-10,13-18,21H2,1-2H3. The lowest BCUT2D eigenvalue weighted by atomic mass is 9.87. The van der Waals surface area contributed by atoms with Crippen LogP contribution in [0.3, 0.4) is 0 Å². The number of aromatic nitrogens is 4. The number of hydrogen-bond donors (Lipinski definition) is 0. The summed E-state index contributed by atoms with van der Waals surface area (Å²) in [5.41, 5.74) is 3.86. The zero-order valence-corrected chi connectivity index (χ0v) is 21.6. The predicted molar refractivity (Wildman–Crippen MR) is 142 cm³/mol. The van der Waals surface area contributed by atoms with E-state index in [4.69, 9.17) is 4.74 Å². The van der Waals surface area contributed by atoms with Crippen LogP contribution in [-0.2, 0) is 13.6 Å². The number of nitrogens with zero attached hydrogens (tertiary/aromatic N) is 6. The summed E-state index contributed by atoms with van der Waals surface area (Å²) >= 11 is 0. The molecule has 36 heavy (non-hydrogen) atoms. The lowest BCUT2D eigenvalue weighted by Gasteiger charge is -2.36. The molecule has 8 heteroatoms. The van der Waals surface area contributed by atoms with Crippen molar-refractivity contribution in [3.05, 3.63) is 64.3 Å². The van der Waals surface area contributed by atoms with Gasteiger partial charge in [0.25, 0.3) is 0 Å². The van der Waals surface area contributed by atoms with Gasteiger partial charge >= 0.3 is 5.56 Å². The van der Waals surface area contributed by atoms with Crippen LogP contribution in [0.4, 0.5) is 5.69 Å². The normalized spacial score (nSPS) is 17.4. The first-order valence-electron chi connectivity index (χ1n) is 13.4. The fraction of sp³-hybridized carbons (Fsp3) is 0.536. The maximum Gasteiger partial charge on any atom is 0.316 e. The van der Waals surface area contributed by atoms with Gasteiger partial charge in [0.05, 0.1) is 24.7 Å². The Labute approximate surface area is 213 Å². The van der Waals surface area contributed by atoms with Crippen molar-refractivity contribution < 1.29 is 4.74 Å². The molecule has 2 aliphatic rings. The van der Waals surface area contributed by atoms with E-state index in [0.29, 0.717) is 18.3 Å². The molecule has 0 atom stereocenters. The first-order chi connectivity index (χ1) is 17.6. The summed E-state index contributed by atoms with van der Waals surface area (Å²) < 4.78 is 9.67. The first-order valence-corrected chi connectivity index (χ1v) is 13.4. The van der Waals surface area contributed by atoms with E-state index in [0.717, 1.165) is 50.5 Å². The van der Waals surface area contributed by atoms with Gasteiger partial charge in [-0.25, -0.2) is 0 Å². The molecule has 2 fully saturated rings. The smallest absolute Gasteiger partial charge is 0.316 e. The van der Waals surface area contributed by atoms with Crippen LogP contribution in [0.5, 0.6) is 5.75 Å². The fourth-order valence-corrected chi connectivity index (χ4v) is 5.43. The van der Waals surface area contributed by atoms with E-state index in [1.54, 1.807) is 0 Å². The zero-order valence-electron chi connectivity index (χ0n) is 21.6. The Morgan fingerprint density at radius 1 is 0.972 bits per heavy atom. The molecule has 1 aliphatic heterocycles. The SMILES string of the molecule is Cc1c(CN2CCN(c3cnn(-c4ccccc4)c(=O)c3OCCC3CCCCC3)CC2)cnn1C. The summed E-state index contributed by atoms with van der Waals surface area (Å²) in [7, 11) is 1.98. The Kier molecular flexibility index (Phi) is 7.70. The summed E-state index contributed by atoms with van der Waals surface area (Å²) in [5.74, 6) is 1.14. The zero-order chi connectivity index (χ0) is 24.9. The summed E-state index contributed by atoms with van der Waals surface area (Å²) in [6.07, 6.45) is 11.3. The van der Waals surface area contributed by atoms with Gasteiger partial charge in [0.2, 0.25) is 5.75 Å². The Morgan fingerprint density at radius 3 is 2.42 bits per heavy atom. The topological polar surface area (TPSA) is 68.4 Å². The van der Waals surface area contributed by atoms with Crippen molar-refractivity contribution in [1.82, 2.24) is 24.5 Å².